The molecule has 13 heteroatoms. The molecule has 2 heterocycles. The number of nitrogens with one attached hydrogen (secondary N) is 1. The normalized spacial score (nSPS) is 11.4. The zero-order valence-electron chi connectivity index (χ0n) is 15.0. The van der Waals surface area contributed by atoms with Crippen molar-refractivity contribution in [1.82, 2.24) is 40.4 Å². The first-order chi connectivity index (χ1) is 14.4. The van der Waals surface area contributed by atoms with Crippen LogP contribution in [0, 0.1) is 0 Å². The number of tetrazole rings is 2. The maximum atomic E-state index is 12.8. The van der Waals surface area contributed by atoms with Gasteiger partial charge in [-0.05, 0) is 46.0 Å². The summed E-state index contributed by atoms with van der Waals surface area (Å²) in [5.41, 5.74) is 0.338. The minimum Gasteiger partial charge on any atom is -0.324 e. The first-order valence-corrected chi connectivity index (χ1v) is 8.48. The fraction of sp³-hybridized carbons (Fsp3) is 0.118. The summed E-state index contributed by atoms with van der Waals surface area (Å²) >= 11 is 0. The van der Waals surface area contributed by atoms with Gasteiger partial charge < -0.3 is 5.32 Å². The van der Waals surface area contributed by atoms with Gasteiger partial charge in [0.15, 0.2) is 0 Å². The summed E-state index contributed by atoms with van der Waals surface area (Å²) in [4.78, 5) is 13.2. The molecule has 2 aromatic carbocycles. The van der Waals surface area contributed by atoms with Crippen molar-refractivity contribution >= 4 is 11.6 Å². The highest BCUT2D eigenvalue weighted by atomic mass is 19.4. The molecule has 0 saturated carbocycles. The molecule has 0 saturated heterocycles. The Labute approximate surface area is 166 Å². The van der Waals surface area contributed by atoms with Crippen molar-refractivity contribution in [2.24, 2.45) is 0 Å². The lowest BCUT2D eigenvalue weighted by molar-refractivity contribution is -0.137. The van der Waals surface area contributed by atoms with Crippen LogP contribution < -0.4 is 5.32 Å². The predicted octanol–water partition coefficient (Wildman–Crippen LogP) is 1.97. The van der Waals surface area contributed by atoms with Crippen molar-refractivity contribution in [1.29, 1.82) is 0 Å². The van der Waals surface area contributed by atoms with E-state index in [1.807, 2.05) is 0 Å². The summed E-state index contributed by atoms with van der Waals surface area (Å²) in [6.45, 7) is -0.337. The summed E-state index contributed by atoms with van der Waals surface area (Å²) < 4.78 is 39.8. The van der Waals surface area contributed by atoms with Crippen molar-refractivity contribution in [3.8, 4) is 17.1 Å². The van der Waals surface area contributed by atoms with E-state index in [2.05, 4.69) is 36.3 Å². The molecule has 4 rings (SSSR count). The number of carbonyl (C=O) groups excluding carboxylic acids is 1. The minimum atomic E-state index is -4.50. The highest BCUT2D eigenvalue weighted by Gasteiger charge is 2.30. The summed E-state index contributed by atoms with van der Waals surface area (Å²) in [5, 5.41) is 25.3. The lowest BCUT2D eigenvalue weighted by Crippen LogP contribution is -2.20. The quantitative estimate of drug-likeness (QED) is 0.530. The van der Waals surface area contributed by atoms with Gasteiger partial charge in [0.05, 0.1) is 11.3 Å². The number of para-hydroxylation sites is 1. The second-order valence-electron chi connectivity index (χ2n) is 6.04. The van der Waals surface area contributed by atoms with Crippen molar-refractivity contribution < 1.29 is 18.0 Å². The van der Waals surface area contributed by atoms with Gasteiger partial charge in [0.25, 0.3) is 0 Å². The van der Waals surface area contributed by atoms with Crippen LogP contribution in [0.25, 0.3) is 17.1 Å². The lowest BCUT2D eigenvalue weighted by atomic mass is 10.1. The van der Waals surface area contributed by atoms with E-state index < -0.39 is 17.6 Å². The van der Waals surface area contributed by atoms with E-state index in [0.29, 0.717) is 11.3 Å². The first kappa shape index (κ1) is 19.2. The topological polar surface area (TPSA) is 116 Å². The van der Waals surface area contributed by atoms with Gasteiger partial charge in [0.1, 0.15) is 12.9 Å². The third-order valence-corrected chi connectivity index (χ3v) is 3.95. The molecule has 152 valence electrons. The Hall–Kier alpha value is -4.16. The highest BCUT2D eigenvalue weighted by molar-refractivity contribution is 5.90. The Bertz CT molecular complexity index is 1170. The number of hydrogen-bond donors (Lipinski definition) is 1. The van der Waals surface area contributed by atoms with Crippen LogP contribution in [0.4, 0.5) is 18.9 Å². The maximum Gasteiger partial charge on any atom is 0.416 e. The molecule has 1 N–H and O–H groups in total. The third kappa shape index (κ3) is 4.14. The predicted molar refractivity (Wildman–Crippen MR) is 96.0 cm³/mol. The van der Waals surface area contributed by atoms with E-state index >= 15 is 0 Å². The molecule has 0 radical (unpaired) electrons. The second-order valence-corrected chi connectivity index (χ2v) is 6.04. The number of carbonyl (C=O) groups is 1. The fourth-order valence-electron chi connectivity index (χ4n) is 2.65. The van der Waals surface area contributed by atoms with Gasteiger partial charge in [-0.3, -0.25) is 4.79 Å². The van der Waals surface area contributed by atoms with E-state index in [0.717, 1.165) is 16.9 Å². The minimum absolute atomic E-state index is 0.0131. The van der Waals surface area contributed by atoms with Gasteiger partial charge in [-0.25, -0.2) is 0 Å². The van der Waals surface area contributed by atoms with E-state index in [1.54, 1.807) is 24.3 Å². The summed E-state index contributed by atoms with van der Waals surface area (Å²) in [6.07, 6.45) is -3.10. The second kappa shape index (κ2) is 7.69. The standard InChI is InChI=1S/C17H12F3N9O/c18-17(19,20)11-4-3-5-12(8-11)22-15(30)9-29-24-16(23-26-29)13-6-1-2-7-14(13)28-10-21-25-27-28/h1-8,10H,9H2,(H,22,30). The van der Waals surface area contributed by atoms with Gasteiger partial charge >= 0.3 is 6.18 Å². The van der Waals surface area contributed by atoms with Crippen molar-refractivity contribution in [2.75, 3.05) is 5.32 Å². The number of anilines is 1. The summed E-state index contributed by atoms with van der Waals surface area (Å²) in [6, 6.07) is 11.4. The zero-order chi connectivity index (χ0) is 21.1. The molecular weight excluding hydrogens is 403 g/mol. The molecular formula is C17H12F3N9O. The Balaban J connectivity index is 1.49. The summed E-state index contributed by atoms with van der Waals surface area (Å²) in [5.74, 6) is -0.375. The monoisotopic (exact) mass is 415 g/mol. The molecule has 30 heavy (non-hydrogen) atoms. The third-order valence-electron chi connectivity index (χ3n) is 3.95. The fourth-order valence-corrected chi connectivity index (χ4v) is 2.65. The van der Waals surface area contributed by atoms with Gasteiger partial charge in [-0.15, -0.1) is 15.3 Å². The van der Waals surface area contributed by atoms with Crippen LogP contribution in [0.15, 0.2) is 54.9 Å². The molecule has 0 aliphatic carbocycles. The molecule has 0 spiro atoms. The maximum absolute atomic E-state index is 12.8. The van der Waals surface area contributed by atoms with Crippen LogP contribution >= 0.6 is 0 Å². The Kier molecular flexibility index (Phi) is 4.92. The molecule has 1 amide bonds. The molecule has 0 aliphatic rings. The van der Waals surface area contributed by atoms with Crippen LogP contribution in [0.3, 0.4) is 0 Å². The van der Waals surface area contributed by atoms with E-state index in [1.165, 1.54) is 23.1 Å². The summed E-state index contributed by atoms with van der Waals surface area (Å²) in [7, 11) is 0. The Morgan fingerprint density at radius 1 is 1.07 bits per heavy atom. The Morgan fingerprint density at radius 3 is 2.67 bits per heavy atom. The molecule has 0 bridgehead atoms. The van der Waals surface area contributed by atoms with Gasteiger partial charge in [-0.1, -0.05) is 18.2 Å². The average Bonchev–Trinajstić information content (AvgIpc) is 3.39. The number of halogens is 3. The SMILES string of the molecule is O=C(Cn1nnc(-c2ccccc2-n2cnnn2)n1)Nc1cccc(C(F)(F)F)c1. The number of amides is 1. The molecule has 2 aromatic heterocycles. The van der Waals surface area contributed by atoms with Gasteiger partial charge in [0.2, 0.25) is 11.7 Å². The highest BCUT2D eigenvalue weighted by Crippen LogP contribution is 2.30. The van der Waals surface area contributed by atoms with E-state index in [9.17, 15) is 18.0 Å². The first-order valence-electron chi connectivity index (χ1n) is 8.48. The van der Waals surface area contributed by atoms with Crippen LogP contribution in [0.2, 0.25) is 0 Å². The largest absolute Gasteiger partial charge is 0.416 e. The van der Waals surface area contributed by atoms with Crippen LogP contribution in [-0.2, 0) is 17.5 Å². The van der Waals surface area contributed by atoms with Crippen molar-refractivity contribution in [3.05, 3.63) is 60.4 Å². The number of aromatic nitrogens is 8. The van der Waals surface area contributed by atoms with Crippen molar-refractivity contribution in [2.45, 2.75) is 12.7 Å². The van der Waals surface area contributed by atoms with Crippen LogP contribution in [0.5, 0.6) is 0 Å². The molecule has 0 fully saturated rings. The van der Waals surface area contributed by atoms with Crippen LogP contribution in [0.1, 0.15) is 5.56 Å². The lowest BCUT2D eigenvalue weighted by Gasteiger charge is -2.09. The number of hydrogen-bond acceptors (Lipinski definition) is 7. The van der Waals surface area contributed by atoms with Gasteiger partial charge in [-0.2, -0.15) is 22.6 Å². The zero-order valence-corrected chi connectivity index (χ0v) is 15.0. The van der Waals surface area contributed by atoms with E-state index in [4.69, 9.17) is 0 Å². The number of alkyl halides is 3. The Morgan fingerprint density at radius 2 is 1.90 bits per heavy atom. The van der Waals surface area contributed by atoms with Crippen molar-refractivity contribution in [3.63, 3.8) is 0 Å². The van der Waals surface area contributed by atoms with E-state index in [-0.39, 0.29) is 18.1 Å². The van der Waals surface area contributed by atoms with Gasteiger partial charge in [0, 0.05) is 11.3 Å². The number of nitrogens with zero attached hydrogens (tertiary/aromatic N) is 8. The number of rotatable bonds is 5. The molecule has 0 aliphatic heterocycles. The molecule has 4 aromatic rings. The molecule has 0 atom stereocenters. The molecule has 0 unspecified atom stereocenters. The molecule has 10 nitrogen and oxygen atoms in total. The smallest absolute Gasteiger partial charge is 0.324 e. The average molecular weight is 415 g/mol. The van der Waals surface area contributed by atoms with Crippen LogP contribution in [-0.4, -0.2) is 46.3 Å². The number of benzene rings is 2.